The van der Waals surface area contributed by atoms with Crippen LogP contribution >= 0.6 is 0 Å². The average Bonchev–Trinajstić information content (AvgIpc) is 2.62. The third-order valence-electron chi connectivity index (χ3n) is 4.38. The van der Waals surface area contributed by atoms with E-state index in [-0.39, 0.29) is 22.5 Å². The zero-order chi connectivity index (χ0) is 18.7. The Hall–Kier alpha value is -2.56. The Kier molecular flexibility index (Phi) is 5.16. The van der Waals surface area contributed by atoms with E-state index in [1.54, 1.807) is 24.3 Å². The van der Waals surface area contributed by atoms with Crippen LogP contribution in [-0.2, 0) is 14.8 Å². The van der Waals surface area contributed by atoms with Crippen molar-refractivity contribution in [1.29, 1.82) is 5.26 Å². The average molecular weight is 371 g/mol. The monoisotopic (exact) mass is 371 g/mol. The summed E-state index contributed by atoms with van der Waals surface area (Å²) in [5.41, 5.74) is 1.59. The van der Waals surface area contributed by atoms with Crippen molar-refractivity contribution >= 4 is 21.4 Å². The molecule has 2 atom stereocenters. The van der Waals surface area contributed by atoms with Gasteiger partial charge in [-0.15, -0.1) is 0 Å². The van der Waals surface area contributed by atoms with Crippen LogP contribution in [0.5, 0.6) is 0 Å². The number of nitrogens with one attached hydrogen (secondary N) is 1. The van der Waals surface area contributed by atoms with Gasteiger partial charge in [0, 0.05) is 23.5 Å². The lowest BCUT2D eigenvalue weighted by Gasteiger charge is -2.40. The largest absolute Gasteiger partial charge is 0.377 e. The fraction of sp³-hybridized carbons (Fsp3) is 0.316. The molecule has 0 saturated carbocycles. The Morgan fingerprint density at radius 3 is 2.31 bits per heavy atom. The zero-order valence-corrected chi connectivity index (χ0v) is 15.5. The highest BCUT2D eigenvalue weighted by Crippen LogP contribution is 2.26. The molecule has 0 bridgehead atoms. The lowest BCUT2D eigenvalue weighted by Crippen LogP contribution is -2.49. The van der Waals surface area contributed by atoms with Gasteiger partial charge in [-0.3, -0.25) is 4.72 Å². The van der Waals surface area contributed by atoms with Crippen LogP contribution in [0.25, 0.3) is 0 Å². The molecule has 136 valence electrons. The molecule has 1 aliphatic rings. The normalized spacial score (nSPS) is 20.4. The summed E-state index contributed by atoms with van der Waals surface area (Å²) in [6.45, 7) is 5.55. The number of benzene rings is 2. The Morgan fingerprint density at radius 1 is 1.08 bits per heavy atom. The first-order chi connectivity index (χ1) is 12.4. The van der Waals surface area contributed by atoms with Crippen LogP contribution in [0.1, 0.15) is 19.4 Å². The highest BCUT2D eigenvalue weighted by Gasteiger charge is 2.25. The van der Waals surface area contributed by atoms with Gasteiger partial charge in [0.05, 0.1) is 18.8 Å². The Morgan fingerprint density at radius 2 is 1.69 bits per heavy atom. The van der Waals surface area contributed by atoms with E-state index < -0.39 is 10.0 Å². The summed E-state index contributed by atoms with van der Waals surface area (Å²) in [5.74, 6) is 0. The lowest BCUT2D eigenvalue weighted by atomic mass is 10.1. The molecule has 2 aromatic rings. The Labute approximate surface area is 154 Å². The van der Waals surface area contributed by atoms with Crippen LogP contribution in [0.15, 0.2) is 53.4 Å². The quantitative estimate of drug-likeness (QED) is 0.893. The number of rotatable bonds is 4. The van der Waals surface area contributed by atoms with Crippen molar-refractivity contribution in [3.8, 4) is 6.07 Å². The van der Waals surface area contributed by atoms with Gasteiger partial charge >= 0.3 is 0 Å². The number of nitriles is 1. The van der Waals surface area contributed by atoms with Crippen LogP contribution in [0.3, 0.4) is 0 Å². The van der Waals surface area contributed by atoms with Crippen molar-refractivity contribution in [1.82, 2.24) is 0 Å². The first-order valence-electron chi connectivity index (χ1n) is 8.40. The SMILES string of the molecule is CC1COCC(C)N1c1ccc(NS(=O)(=O)c2ccccc2C#N)cc1. The first-order valence-corrected chi connectivity index (χ1v) is 9.89. The fourth-order valence-corrected chi connectivity index (χ4v) is 4.44. The van der Waals surface area contributed by atoms with Crippen LogP contribution in [0.2, 0.25) is 0 Å². The predicted octanol–water partition coefficient (Wildman–Crippen LogP) is 2.97. The Balaban J connectivity index is 1.82. The van der Waals surface area contributed by atoms with Gasteiger partial charge in [0.25, 0.3) is 10.0 Å². The van der Waals surface area contributed by atoms with Crippen molar-refractivity contribution in [2.45, 2.75) is 30.8 Å². The molecule has 0 aromatic heterocycles. The third kappa shape index (κ3) is 3.66. The fourth-order valence-electron chi connectivity index (χ4n) is 3.22. The summed E-state index contributed by atoms with van der Waals surface area (Å²) in [6.07, 6.45) is 0. The van der Waals surface area contributed by atoms with E-state index in [4.69, 9.17) is 10.00 Å². The number of sulfonamides is 1. The number of nitrogens with zero attached hydrogens (tertiary/aromatic N) is 2. The van der Waals surface area contributed by atoms with Gasteiger partial charge in [0.1, 0.15) is 11.0 Å². The maximum Gasteiger partial charge on any atom is 0.263 e. The second kappa shape index (κ2) is 7.36. The minimum absolute atomic E-state index is 0.0259. The molecule has 2 unspecified atom stereocenters. The molecule has 0 spiro atoms. The molecule has 0 aliphatic carbocycles. The molecule has 0 amide bonds. The summed E-state index contributed by atoms with van der Waals surface area (Å²) < 4.78 is 33.3. The predicted molar refractivity (Wildman–Crippen MR) is 101 cm³/mol. The highest BCUT2D eigenvalue weighted by molar-refractivity contribution is 7.92. The van der Waals surface area contributed by atoms with Crippen molar-refractivity contribution in [3.05, 3.63) is 54.1 Å². The van der Waals surface area contributed by atoms with Gasteiger partial charge in [0.15, 0.2) is 0 Å². The number of hydrogen-bond donors (Lipinski definition) is 1. The maximum absolute atomic E-state index is 12.6. The smallest absolute Gasteiger partial charge is 0.263 e. The molecule has 1 fully saturated rings. The van der Waals surface area contributed by atoms with E-state index in [1.165, 1.54) is 12.1 Å². The number of ether oxygens (including phenoxy) is 1. The van der Waals surface area contributed by atoms with E-state index in [2.05, 4.69) is 23.5 Å². The van der Waals surface area contributed by atoms with Crippen molar-refractivity contribution in [2.75, 3.05) is 22.8 Å². The summed E-state index contributed by atoms with van der Waals surface area (Å²) >= 11 is 0. The van der Waals surface area contributed by atoms with Gasteiger partial charge in [0.2, 0.25) is 0 Å². The molecular weight excluding hydrogens is 350 g/mol. The molecule has 7 heteroatoms. The van der Waals surface area contributed by atoms with Gasteiger partial charge < -0.3 is 9.64 Å². The first kappa shape index (κ1) is 18.2. The van der Waals surface area contributed by atoms with Crippen LogP contribution < -0.4 is 9.62 Å². The minimum atomic E-state index is -3.82. The molecule has 6 nitrogen and oxygen atoms in total. The van der Waals surface area contributed by atoms with E-state index in [0.29, 0.717) is 18.9 Å². The topological polar surface area (TPSA) is 82.4 Å². The molecule has 0 radical (unpaired) electrons. The van der Waals surface area contributed by atoms with Gasteiger partial charge in [-0.1, -0.05) is 12.1 Å². The second-order valence-corrected chi connectivity index (χ2v) is 8.05. The molecule has 1 saturated heterocycles. The third-order valence-corrected chi connectivity index (χ3v) is 5.82. The summed E-state index contributed by atoms with van der Waals surface area (Å²) in [6, 6.07) is 15.8. The number of anilines is 2. The number of hydrogen-bond acceptors (Lipinski definition) is 5. The molecule has 1 N–H and O–H groups in total. The van der Waals surface area contributed by atoms with E-state index in [1.807, 2.05) is 18.2 Å². The van der Waals surface area contributed by atoms with E-state index >= 15 is 0 Å². The summed E-state index contributed by atoms with van der Waals surface area (Å²) in [7, 11) is -3.82. The van der Waals surface area contributed by atoms with Crippen LogP contribution in [0.4, 0.5) is 11.4 Å². The van der Waals surface area contributed by atoms with E-state index in [9.17, 15) is 8.42 Å². The van der Waals surface area contributed by atoms with Crippen LogP contribution in [0, 0.1) is 11.3 Å². The zero-order valence-electron chi connectivity index (χ0n) is 14.7. The molecule has 1 aliphatic heterocycles. The minimum Gasteiger partial charge on any atom is -0.377 e. The highest BCUT2D eigenvalue weighted by atomic mass is 32.2. The Bertz CT molecular complexity index is 910. The van der Waals surface area contributed by atoms with E-state index in [0.717, 1.165) is 5.69 Å². The molecular formula is C19H21N3O3S. The second-order valence-electron chi connectivity index (χ2n) is 6.40. The molecule has 3 rings (SSSR count). The lowest BCUT2D eigenvalue weighted by molar-refractivity contribution is 0.0757. The molecule has 1 heterocycles. The van der Waals surface area contributed by atoms with Crippen LogP contribution in [-0.4, -0.2) is 33.7 Å². The van der Waals surface area contributed by atoms with Crippen molar-refractivity contribution < 1.29 is 13.2 Å². The summed E-state index contributed by atoms with van der Waals surface area (Å²) in [4.78, 5) is 2.24. The van der Waals surface area contributed by atoms with Crippen molar-refractivity contribution in [2.24, 2.45) is 0 Å². The number of morpholine rings is 1. The molecule has 26 heavy (non-hydrogen) atoms. The van der Waals surface area contributed by atoms with Gasteiger partial charge in [-0.2, -0.15) is 5.26 Å². The maximum atomic E-state index is 12.6. The standard InChI is InChI=1S/C19H21N3O3S/c1-14-12-25-13-15(2)22(14)18-9-7-17(8-10-18)21-26(23,24)19-6-4-3-5-16(19)11-20/h3-10,14-15,21H,12-13H2,1-2H3. The van der Waals surface area contributed by atoms with Gasteiger partial charge in [-0.05, 0) is 50.2 Å². The van der Waals surface area contributed by atoms with Crippen molar-refractivity contribution in [3.63, 3.8) is 0 Å². The van der Waals surface area contributed by atoms with Gasteiger partial charge in [-0.25, -0.2) is 8.42 Å². The molecule has 2 aromatic carbocycles. The summed E-state index contributed by atoms with van der Waals surface area (Å²) in [5, 5.41) is 9.12.